The maximum atomic E-state index is 12.6. The van der Waals surface area contributed by atoms with E-state index in [2.05, 4.69) is 32.5 Å². The van der Waals surface area contributed by atoms with Gasteiger partial charge in [0.1, 0.15) is 5.82 Å². The topological polar surface area (TPSA) is 96.0 Å². The predicted octanol–water partition coefficient (Wildman–Crippen LogP) is 6.54. The number of carbonyl (C=O) groups excluding carboxylic acids is 2. The van der Waals surface area contributed by atoms with E-state index in [1.165, 1.54) is 17.8 Å². The Labute approximate surface area is 216 Å². The fourth-order valence-corrected chi connectivity index (χ4v) is 4.07. The number of aromatic nitrogens is 2. The molecule has 0 bridgehead atoms. The number of thioether (sulfide) groups is 1. The summed E-state index contributed by atoms with van der Waals surface area (Å²) in [7, 11) is 0. The van der Waals surface area contributed by atoms with Gasteiger partial charge in [0.25, 0.3) is 0 Å². The summed E-state index contributed by atoms with van der Waals surface area (Å²) in [6.45, 7) is 3.42. The van der Waals surface area contributed by atoms with E-state index in [9.17, 15) is 9.59 Å². The lowest BCUT2D eigenvalue weighted by Crippen LogP contribution is -2.15. The second-order valence-corrected chi connectivity index (χ2v) is 8.99. The second kappa shape index (κ2) is 11.2. The first kappa shape index (κ1) is 24.5. The van der Waals surface area contributed by atoms with Gasteiger partial charge in [0.15, 0.2) is 5.16 Å². The van der Waals surface area contributed by atoms with Crippen molar-refractivity contribution in [2.24, 2.45) is 0 Å². The molecule has 0 saturated heterocycles. The van der Waals surface area contributed by atoms with Gasteiger partial charge in [-0.15, -0.1) is 0 Å². The van der Waals surface area contributed by atoms with E-state index in [-0.39, 0.29) is 17.6 Å². The highest BCUT2D eigenvalue weighted by Crippen LogP contribution is 2.30. The molecular formula is C25H19Cl2N5O2S. The molecule has 0 spiro atoms. The van der Waals surface area contributed by atoms with E-state index < -0.39 is 0 Å². The van der Waals surface area contributed by atoms with Crippen molar-refractivity contribution in [2.75, 3.05) is 21.7 Å². The molecule has 7 nitrogen and oxygen atoms in total. The van der Waals surface area contributed by atoms with Crippen molar-refractivity contribution in [3.63, 3.8) is 0 Å². The summed E-state index contributed by atoms with van der Waals surface area (Å²) in [4.78, 5) is 33.2. The van der Waals surface area contributed by atoms with Gasteiger partial charge in [-0.1, -0.05) is 59.7 Å². The molecule has 176 valence electrons. The Balaban J connectivity index is 1.48. The lowest BCUT2D eigenvalue weighted by molar-refractivity contribution is -0.114. The number of fused-ring (bicyclic) bond motifs is 1. The van der Waals surface area contributed by atoms with Crippen LogP contribution >= 0.6 is 35.0 Å². The maximum Gasteiger partial charge on any atom is 0.247 e. The van der Waals surface area contributed by atoms with Gasteiger partial charge >= 0.3 is 0 Å². The molecule has 4 rings (SSSR count). The minimum atomic E-state index is -0.331. The Bertz CT molecular complexity index is 1430. The number of hydrogen-bond donors (Lipinski definition) is 3. The predicted molar refractivity (Wildman–Crippen MR) is 144 cm³/mol. The molecule has 3 N–H and O–H groups in total. The molecule has 0 aliphatic carbocycles. The molecule has 1 aromatic heterocycles. The fourth-order valence-electron chi connectivity index (χ4n) is 3.12. The van der Waals surface area contributed by atoms with Gasteiger partial charge < -0.3 is 16.0 Å². The zero-order valence-corrected chi connectivity index (χ0v) is 20.5. The first-order valence-corrected chi connectivity index (χ1v) is 12.1. The van der Waals surface area contributed by atoms with E-state index in [0.717, 1.165) is 16.6 Å². The number of nitrogens with one attached hydrogen (secondary N) is 3. The molecule has 2 amide bonds. The van der Waals surface area contributed by atoms with Gasteiger partial charge in [0.2, 0.25) is 11.8 Å². The van der Waals surface area contributed by atoms with Gasteiger partial charge in [-0.05, 0) is 54.6 Å². The molecular weight excluding hydrogens is 505 g/mol. The number of para-hydroxylation sites is 1. The van der Waals surface area contributed by atoms with Crippen LogP contribution in [0, 0.1) is 0 Å². The molecule has 4 aromatic rings. The van der Waals surface area contributed by atoms with Crippen LogP contribution < -0.4 is 16.0 Å². The average Bonchev–Trinajstić information content (AvgIpc) is 2.85. The molecule has 0 aliphatic rings. The SMILES string of the molecule is C=CC(=O)Nc1cccc(NC(=O)CSc2nc(Nc3ccc(Cl)c(Cl)c3)c3ccccc3n2)c1. The molecule has 3 aromatic carbocycles. The van der Waals surface area contributed by atoms with Crippen molar-refractivity contribution < 1.29 is 9.59 Å². The van der Waals surface area contributed by atoms with Crippen molar-refractivity contribution in [3.8, 4) is 0 Å². The molecule has 0 unspecified atom stereocenters. The highest BCUT2D eigenvalue weighted by molar-refractivity contribution is 7.99. The van der Waals surface area contributed by atoms with Crippen LogP contribution in [0.2, 0.25) is 10.0 Å². The van der Waals surface area contributed by atoms with Crippen LogP contribution in [0.1, 0.15) is 0 Å². The lowest BCUT2D eigenvalue weighted by atomic mass is 10.2. The molecule has 0 saturated carbocycles. The van der Waals surface area contributed by atoms with E-state index in [1.54, 1.807) is 42.5 Å². The summed E-state index contributed by atoms with van der Waals surface area (Å²) < 4.78 is 0. The van der Waals surface area contributed by atoms with E-state index in [4.69, 9.17) is 23.2 Å². The van der Waals surface area contributed by atoms with Crippen molar-refractivity contribution in [3.05, 3.63) is 89.4 Å². The largest absolute Gasteiger partial charge is 0.340 e. The molecule has 0 atom stereocenters. The Morgan fingerprint density at radius 1 is 0.886 bits per heavy atom. The summed E-state index contributed by atoms with van der Waals surface area (Å²) in [5, 5.41) is 10.9. The van der Waals surface area contributed by atoms with Crippen LogP contribution in [0.5, 0.6) is 0 Å². The van der Waals surface area contributed by atoms with E-state index in [0.29, 0.717) is 32.4 Å². The number of rotatable bonds is 8. The first-order valence-electron chi connectivity index (χ1n) is 10.4. The third-order valence-electron chi connectivity index (χ3n) is 4.70. The van der Waals surface area contributed by atoms with E-state index in [1.807, 2.05) is 24.3 Å². The highest BCUT2D eigenvalue weighted by Gasteiger charge is 2.12. The third-order valence-corrected chi connectivity index (χ3v) is 6.28. The quantitative estimate of drug-likeness (QED) is 0.138. The van der Waals surface area contributed by atoms with Crippen molar-refractivity contribution in [2.45, 2.75) is 5.16 Å². The molecule has 0 fully saturated rings. The number of amides is 2. The fraction of sp³-hybridized carbons (Fsp3) is 0.0400. The van der Waals surface area contributed by atoms with Gasteiger partial charge in [0.05, 0.1) is 21.3 Å². The summed E-state index contributed by atoms with van der Waals surface area (Å²) in [6, 6.07) is 19.6. The monoisotopic (exact) mass is 523 g/mol. The smallest absolute Gasteiger partial charge is 0.247 e. The number of carbonyl (C=O) groups is 2. The third kappa shape index (κ3) is 6.51. The molecule has 1 heterocycles. The number of halogens is 2. The van der Waals surface area contributed by atoms with Crippen molar-refractivity contribution in [1.29, 1.82) is 0 Å². The second-order valence-electron chi connectivity index (χ2n) is 7.24. The first-order chi connectivity index (χ1) is 16.9. The summed E-state index contributed by atoms with van der Waals surface area (Å²) in [5.74, 6) is 0.108. The Kier molecular flexibility index (Phi) is 7.87. The zero-order valence-electron chi connectivity index (χ0n) is 18.2. The number of hydrogen-bond acceptors (Lipinski definition) is 6. The van der Waals surface area contributed by atoms with Crippen LogP contribution in [0.15, 0.2) is 84.5 Å². The van der Waals surface area contributed by atoms with Crippen molar-refractivity contribution in [1.82, 2.24) is 9.97 Å². The van der Waals surface area contributed by atoms with Gasteiger partial charge in [0, 0.05) is 22.4 Å². The molecule has 10 heteroatoms. The van der Waals surface area contributed by atoms with E-state index >= 15 is 0 Å². The highest BCUT2D eigenvalue weighted by atomic mass is 35.5. The van der Waals surface area contributed by atoms with Crippen LogP contribution in [-0.2, 0) is 9.59 Å². The Hall–Kier alpha value is -3.59. The van der Waals surface area contributed by atoms with Gasteiger partial charge in [-0.25, -0.2) is 9.97 Å². The molecule has 35 heavy (non-hydrogen) atoms. The minimum absolute atomic E-state index is 0.0911. The van der Waals surface area contributed by atoms with Crippen LogP contribution in [-0.4, -0.2) is 27.5 Å². The number of nitrogens with zero attached hydrogens (tertiary/aromatic N) is 2. The number of anilines is 4. The van der Waals surface area contributed by atoms with Crippen LogP contribution in [0.3, 0.4) is 0 Å². The average molecular weight is 524 g/mol. The lowest BCUT2D eigenvalue weighted by Gasteiger charge is -2.11. The zero-order chi connectivity index (χ0) is 24.8. The standard InChI is InChI=1S/C25H19Cl2N5O2S/c1-2-22(33)28-15-6-5-7-16(12-15)29-23(34)14-35-25-31-21-9-4-3-8-18(21)24(32-25)30-17-10-11-19(26)20(27)13-17/h2-13H,1,14H2,(H,28,33)(H,29,34)(H,30,31,32). The van der Waals surface area contributed by atoms with Crippen LogP contribution in [0.25, 0.3) is 10.9 Å². The minimum Gasteiger partial charge on any atom is -0.340 e. The Morgan fingerprint density at radius 2 is 1.66 bits per heavy atom. The summed E-state index contributed by atoms with van der Waals surface area (Å²) >= 11 is 13.4. The normalized spacial score (nSPS) is 10.6. The summed E-state index contributed by atoms with van der Waals surface area (Å²) in [5.41, 5.74) is 2.56. The van der Waals surface area contributed by atoms with Gasteiger partial charge in [-0.2, -0.15) is 0 Å². The molecule has 0 radical (unpaired) electrons. The molecule has 0 aliphatic heterocycles. The summed E-state index contributed by atoms with van der Waals surface area (Å²) in [6.07, 6.45) is 1.18. The van der Waals surface area contributed by atoms with Gasteiger partial charge in [-0.3, -0.25) is 9.59 Å². The number of benzene rings is 3. The van der Waals surface area contributed by atoms with Crippen LogP contribution in [0.4, 0.5) is 22.9 Å². The Morgan fingerprint density at radius 3 is 2.43 bits per heavy atom. The van der Waals surface area contributed by atoms with Crippen molar-refractivity contribution >= 4 is 80.6 Å². The maximum absolute atomic E-state index is 12.6.